The van der Waals surface area contributed by atoms with Crippen LogP contribution in [0.1, 0.15) is 12.5 Å². The van der Waals surface area contributed by atoms with Crippen LogP contribution >= 0.6 is 0 Å². The second-order valence-corrected chi connectivity index (χ2v) is 6.80. The minimum absolute atomic E-state index is 0.208. The maximum atomic E-state index is 14.8. The zero-order valence-electron chi connectivity index (χ0n) is 16.0. The van der Waals surface area contributed by atoms with E-state index in [-0.39, 0.29) is 19.0 Å². The predicted molar refractivity (Wildman–Crippen MR) is 103 cm³/mol. The average molecular weight is 411 g/mol. The number of cyclic esters (lactones) is 1. The molecule has 2 amide bonds. The zero-order chi connectivity index (χ0) is 21.1. The van der Waals surface area contributed by atoms with E-state index in [9.17, 15) is 14.0 Å². The summed E-state index contributed by atoms with van der Waals surface area (Å²) in [5.74, 6) is -0.666. The van der Waals surface area contributed by atoms with Crippen LogP contribution in [0.3, 0.4) is 0 Å². The number of anilines is 1. The lowest BCUT2D eigenvalue weighted by Gasteiger charge is -2.14. The molecular formula is C19H18FN7O3. The Morgan fingerprint density at radius 2 is 1.93 bits per heavy atom. The van der Waals surface area contributed by atoms with Gasteiger partial charge in [-0.1, -0.05) is 24.3 Å². The van der Waals surface area contributed by atoms with E-state index in [4.69, 9.17) is 4.74 Å². The summed E-state index contributed by atoms with van der Waals surface area (Å²) >= 11 is 0. The standard InChI is InChI=1S/C19H18FN7O3/c1-12(28)21-9-16-11-26(19(29)30-16)15-6-7-17(18(20)8-15)14-4-2-13(3-5-14)10-27-24-22-23-25-27/h2-8,16H,9-11H2,1H3,(H,21,28)/t16-/m0/s1. The molecule has 154 valence electrons. The third kappa shape index (κ3) is 4.24. The van der Waals surface area contributed by atoms with Crippen molar-refractivity contribution in [3.63, 3.8) is 0 Å². The smallest absolute Gasteiger partial charge is 0.414 e. The molecule has 1 N–H and O–H groups in total. The Bertz CT molecular complexity index is 1060. The highest BCUT2D eigenvalue weighted by Gasteiger charge is 2.32. The minimum Gasteiger partial charge on any atom is -0.442 e. The number of benzene rings is 2. The second-order valence-electron chi connectivity index (χ2n) is 6.80. The van der Waals surface area contributed by atoms with Gasteiger partial charge in [-0.15, -0.1) is 4.80 Å². The van der Waals surface area contributed by atoms with Crippen molar-refractivity contribution in [2.45, 2.75) is 19.6 Å². The number of amides is 2. The zero-order valence-corrected chi connectivity index (χ0v) is 16.0. The number of hydrogen-bond donors (Lipinski definition) is 1. The van der Waals surface area contributed by atoms with E-state index in [1.165, 1.54) is 22.7 Å². The topological polar surface area (TPSA) is 115 Å². The molecule has 0 unspecified atom stereocenters. The molecule has 1 aromatic heterocycles. The molecule has 0 aliphatic carbocycles. The molecule has 1 aliphatic heterocycles. The lowest BCUT2D eigenvalue weighted by Crippen LogP contribution is -2.33. The van der Waals surface area contributed by atoms with E-state index in [0.717, 1.165) is 5.56 Å². The number of ether oxygens (including phenoxy) is 1. The molecule has 0 bridgehead atoms. The number of carbonyl (C=O) groups excluding carboxylic acids is 2. The van der Waals surface area contributed by atoms with E-state index in [1.54, 1.807) is 24.3 Å². The molecule has 2 heterocycles. The van der Waals surface area contributed by atoms with Crippen LogP contribution in [-0.4, -0.2) is 56.8 Å². The van der Waals surface area contributed by atoms with Crippen molar-refractivity contribution < 1.29 is 18.7 Å². The van der Waals surface area contributed by atoms with E-state index >= 15 is 0 Å². The second kappa shape index (κ2) is 8.23. The molecule has 1 aliphatic rings. The van der Waals surface area contributed by atoms with Crippen molar-refractivity contribution in [1.29, 1.82) is 0 Å². The first kappa shape index (κ1) is 19.4. The van der Waals surface area contributed by atoms with Crippen molar-refractivity contribution in [1.82, 2.24) is 31.0 Å². The summed E-state index contributed by atoms with van der Waals surface area (Å²) in [5.41, 5.74) is 2.42. The highest BCUT2D eigenvalue weighted by Crippen LogP contribution is 2.29. The fourth-order valence-electron chi connectivity index (χ4n) is 3.16. The molecule has 1 atom stereocenters. The van der Waals surface area contributed by atoms with Crippen LogP contribution in [0, 0.1) is 5.82 Å². The Labute approximate surface area is 170 Å². The van der Waals surface area contributed by atoms with Gasteiger partial charge in [-0.25, -0.2) is 9.18 Å². The van der Waals surface area contributed by atoms with Crippen LogP contribution < -0.4 is 10.2 Å². The molecule has 30 heavy (non-hydrogen) atoms. The molecule has 0 saturated carbocycles. The number of hydrogen-bond acceptors (Lipinski definition) is 7. The summed E-state index contributed by atoms with van der Waals surface area (Å²) in [7, 11) is 0. The van der Waals surface area contributed by atoms with Gasteiger partial charge in [-0.2, -0.15) is 0 Å². The van der Waals surface area contributed by atoms with Crippen molar-refractivity contribution in [2.24, 2.45) is 0 Å². The molecule has 10 nitrogen and oxygen atoms in total. The highest BCUT2D eigenvalue weighted by atomic mass is 19.1. The third-order valence-electron chi connectivity index (χ3n) is 4.63. The number of nitrogens with one attached hydrogen (secondary N) is 1. The Morgan fingerprint density at radius 3 is 2.60 bits per heavy atom. The Kier molecular flexibility index (Phi) is 5.33. The number of aromatic nitrogens is 5. The molecule has 3 aromatic rings. The monoisotopic (exact) mass is 411 g/mol. The van der Waals surface area contributed by atoms with Crippen molar-refractivity contribution in [2.75, 3.05) is 18.0 Å². The Hall–Kier alpha value is -3.89. The molecule has 0 radical (unpaired) electrons. The van der Waals surface area contributed by atoms with Gasteiger partial charge >= 0.3 is 6.09 Å². The van der Waals surface area contributed by atoms with Crippen LogP contribution in [0.5, 0.6) is 0 Å². The van der Waals surface area contributed by atoms with Crippen LogP contribution in [-0.2, 0) is 16.1 Å². The molecule has 1 saturated heterocycles. The van der Waals surface area contributed by atoms with Gasteiger partial charge in [0.25, 0.3) is 0 Å². The number of carbonyl (C=O) groups is 2. The Morgan fingerprint density at radius 1 is 1.20 bits per heavy atom. The molecule has 4 rings (SSSR count). The summed E-state index contributed by atoms with van der Waals surface area (Å²) in [6, 6.07) is 11.9. The van der Waals surface area contributed by atoms with E-state index < -0.39 is 18.0 Å². The first-order chi connectivity index (χ1) is 14.5. The van der Waals surface area contributed by atoms with Crippen LogP contribution in [0.15, 0.2) is 42.5 Å². The van der Waals surface area contributed by atoms with Gasteiger partial charge in [0.2, 0.25) is 5.91 Å². The van der Waals surface area contributed by atoms with Gasteiger partial charge in [-0.05, 0) is 50.2 Å². The summed E-state index contributed by atoms with van der Waals surface area (Å²) in [6.07, 6.45) is -1.05. The normalized spacial score (nSPS) is 15.9. The molecule has 11 heteroatoms. The number of nitrogens with zero attached hydrogens (tertiary/aromatic N) is 6. The first-order valence-corrected chi connectivity index (χ1v) is 9.20. The van der Waals surface area contributed by atoms with Gasteiger partial charge in [0.1, 0.15) is 11.9 Å². The predicted octanol–water partition coefficient (Wildman–Crippen LogP) is 1.38. The van der Waals surface area contributed by atoms with Crippen LogP contribution in [0.25, 0.3) is 11.1 Å². The average Bonchev–Trinajstić information content (AvgIpc) is 3.36. The van der Waals surface area contributed by atoms with Gasteiger partial charge in [-0.3, -0.25) is 9.69 Å². The van der Waals surface area contributed by atoms with Crippen molar-refractivity contribution in [3.05, 3.63) is 53.8 Å². The van der Waals surface area contributed by atoms with Crippen molar-refractivity contribution >= 4 is 17.7 Å². The maximum absolute atomic E-state index is 14.8. The number of halogens is 1. The van der Waals surface area contributed by atoms with E-state index in [2.05, 4.69) is 26.2 Å². The fraction of sp³-hybridized carbons (Fsp3) is 0.263. The molecular weight excluding hydrogens is 393 g/mol. The molecule has 1 fully saturated rings. The SMILES string of the molecule is CC(=O)NC[C@H]1CN(c2ccc(-c3ccc(Cn4nnnn4)cc3)c(F)c2)C(=O)O1. The molecule has 0 spiro atoms. The summed E-state index contributed by atoms with van der Waals surface area (Å²) in [6.45, 7) is 2.24. The maximum Gasteiger partial charge on any atom is 0.414 e. The van der Waals surface area contributed by atoms with Crippen LogP contribution in [0.4, 0.5) is 14.9 Å². The summed E-state index contributed by atoms with van der Waals surface area (Å²) in [4.78, 5) is 25.8. The minimum atomic E-state index is -0.571. The van der Waals surface area contributed by atoms with Gasteiger partial charge in [0.05, 0.1) is 25.3 Å². The summed E-state index contributed by atoms with van der Waals surface area (Å²) < 4.78 is 20.0. The van der Waals surface area contributed by atoms with Gasteiger partial charge < -0.3 is 10.1 Å². The molecule has 2 aromatic carbocycles. The van der Waals surface area contributed by atoms with Crippen LogP contribution in [0.2, 0.25) is 0 Å². The van der Waals surface area contributed by atoms with Gasteiger partial charge in [0.15, 0.2) is 0 Å². The van der Waals surface area contributed by atoms with E-state index in [1.807, 2.05) is 12.1 Å². The first-order valence-electron chi connectivity index (χ1n) is 9.20. The fourth-order valence-corrected chi connectivity index (χ4v) is 3.16. The lowest BCUT2D eigenvalue weighted by atomic mass is 10.0. The largest absolute Gasteiger partial charge is 0.442 e. The van der Waals surface area contributed by atoms with Crippen molar-refractivity contribution in [3.8, 4) is 11.1 Å². The third-order valence-corrected chi connectivity index (χ3v) is 4.63. The van der Waals surface area contributed by atoms with E-state index in [0.29, 0.717) is 23.4 Å². The van der Waals surface area contributed by atoms with Gasteiger partial charge in [0, 0.05) is 12.5 Å². The number of rotatable bonds is 6. The lowest BCUT2D eigenvalue weighted by molar-refractivity contribution is -0.119. The summed E-state index contributed by atoms with van der Waals surface area (Å²) in [5, 5.41) is 16.8. The highest BCUT2D eigenvalue weighted by molar-refractivity contribution is 5.90. The Balaban J connectivity index is 1.47. The quantitative estimate of drug-likeness (QED) is 0.652.